The predicted molar refractivity (Wildman–Crippen MR) is 66.8 cm³/mol. The van der Waals surface area contributed by atoms with Crippen LogP contribution in [-0.2, 0) is 6.42 Å². The molecule has 90 valence electrons. The number of benzene rings is 1. The van der Waals surface area contributed by atoms with Gasteiger partial charge >= 0.3 is 0 Å². The molecule has 0 bridgehead atoms. The number of hydrogen-bond acceptors (Lipinski definition) is 2. The van der Waals surface area contributed by atoms with Gasteiger partial charge in [-0.2, -0.15) is 0 Å². The van der Waals surface area contributed by atoms with E-state index in [1.165, 1.54) is 5.56 Å². The zero-order valence-corrected chi connectivity index (χ0v) is 10.4. The van der Waals surface area contributed by atoms with Crippen molar-refractivity contribution in [3.05, 3.63) is 29.8 Å². The third kappa shape index (κ3) is 4.23. The van der Waals surface area contributed by atoms with Crippen LogP contribution in [0.3, 0.4) is 0 Å². The van der Waals surface area contributed by atoms with Crippen molar-refractivity contribution in [1.82, 2.24) is 0 Å². The molecule has 1 atom stereocenters. The third-order valence-corrected chi connectivity index (χ3v) is 2.50. The first kappa shape index (κ1) is 13.0. The summed E-state index contributed by atoms with van der Waals surface area (Å²) < 4.78 is 5.64. The van der Waals surface area contributed by atoms with Gasteiger partial charge in [-0.25, -0.2) is 0 Å². The standard InChI is InChI=1S/C14H22O2/c1-4-13(15)10-16-14-8-6-5-7-12(14)9-11(2)3/h5-8,11,13,15H,4,9-10H2,1-3H3. The Labute approximate surface area is 98.3 Å². The maximum Gasteiger partial charge on any atom is 0.122 e. The molecule has 0 aliphatic carbocycles. The van der Waals surface area contributed by atoms with Crippen LogP contribution in [0.1, 0.15) is 32.8 Å². The highest BCUT2D eigenvalue weighted by Crippen LogP contribution is 2.21. The van der Waals surface area contributed by atoms with Crippen LogP contribution in [0.5, 0.6) is 5.75 Å². The van der Waals surface area contributed by atoms with E-state index in [0.717, 1.165) is 18.6 Å². The van der Waals surface area contributed by atoms with Crippen molar-refractivity contribution in [2.45, 2.75) is 39.7 Å². The molecule has 2 nitrogen and oxygen atoms in total. The van der Waals surface area contributed by atoms with Gasteiger partial charge in [-0.05, 0) is 30.4 Å². The van der Waals surface area contributed by atoms with Crippen LogP contribution in [0.25, 0.3) is 0 Å². The summed E-state index contributed by atoms with van der Waals surface area (Å²) in [5, 5.41) is 9.47. The van der Waals surface area contributed by atoms with Gasteiger partial charge in [-0.3, -0.25) is 0 Å². The Morgan fingerprint density at radius 2 is 1.94 bits per heavy atom. The molecule has 0 aliphatic heterocycles. The zero-order valence-electron chi connectivity index (χ0n) is 10.4. The minimum absolute atomic E-state index is 0.368. The van der Waals surface area contributed by atoms with Gasteiger partial charge in [-0.1, -0.05) is 39.0 Å². The molecule has 0 aliphatic rings. The van der Waals surface area contributed by atoms with Crippen molar-refractivity contribution < 1.29 is 9.84 Å². The number of rotatable bonds is 6. The minimum Gasteiger partial charge on any atom is -0.491 e. The van der Waals surface area contributed by atoms with Crippen molar-refractivity contribution in [3.63, 3.8) is 0 Å². The number of ether oxygens (including phenoxy) is 1. The highest BCUT2D eigenvalue weighted by atomic mass is 16.5. The fourth-order valence-electron chi connectivity index (χ4n) is 1.56. The van der Waals surface area contributed by atoms with Gasteiger partial charge in [-0.15, -0.1) is 0 Å². The van der Waals surface area contributed by atoms with E-state index in [4.69, 9.17) is 4.74 Å². The molecule has 0 heterocycles. The Balaban J connectivity index is 2.63. The Kier molecular flexibility index (Phi) is 5.33. The second-order valence-electron chi connectivity index (χ2n) is 4.58. The fraction of sp³-hybridized carbons (Fsp3) is 0.571. The second-order valence-corrected chi connectivity index (χ2v) is 4.58. The lowest BCUT2D eigenvalue weighted by Crippen LogP contribution is -2.16. The summed E-state index contributed by atoms with van der Waals surface area (Å²) in [6, 6.07) is 8.06. The van der Waals surface area contributed by atoms with E-state index < -0.39 is 0 Å². The number of para-hydroxylation sites is 1. The van der Waals surface area contributed by atoms with Crippen LogP contribution in [0, 0.1) is 5.92 Å². The third-order valence-electron chi connectivity index (χ3n) is 2.50. The Morgan fingerprint density at radius 1 is 1.25 bits per heavy atom. The average Bonchev–Trinajstić information content (AvgIpc) is 2.26. The summed E-state index contributed by atoms with van der Waals surface area (Å²) in [6.07, 6.45) is 1.37. The molecule has 0 saturated carbocycles. The van der Waals surface area contributed by atoms with Crippen molar-refractivity contribution in [2.75, 3.05) is 6.61 Å². The van der Waals surface area contributed by atoms with E-state index in [0.29, 0.717) is 12.5 Å². The second kappa shape index (κ2) is 6.54. The molecule has 0 saturated heterocycles. The van der Waals surface area contributed by atoms with Gasteiger partial charge < -0.3 is 9.84 Å². The number of aliphatic hydroxyl groups excluding tert-OH is 1. The summed E-state index contributed by atoms with van der Waals surface area (Å²) in [5.74, 6) is 1.52. The van der Waals surface area contributed by atoms with Gasteiger partial charge in [0.25, 0.3) is 0 Å². The van der Waals surface area contributed by atoms with Crippen molar-refractivity contribution in [3.8, 4) is 5.75 Å². The molecule has 0 spiro atoms. The first-order valence-electron chi connectivity index (χ1n) is 6.02. The maximum absolute atomic E-state index is 9.47. The molecular formula is C14H22O2. The maximum atomic E-state index is 9.47. The minimum atomic E-state index is -0.368. The van der Waals surface area contributed by atoms with Gasteiger partial charge in [0.15, 0.2) is 0 Å². The molecule has 0 radical (unpaired) electrons. The quantitative estimate of drug-likeness (QED) is 0.801. The molecule has 2 heteroatoms. The van der Waals surface area contributed by atoms with Crippen LogP contribution in [0.2, 0.25) is 0 Å². The topological polar surface area (TPSA) is 29.5 Å². The molecular weight excluding hydrogens is 200 g/mol. The Hall–Kier alpha value is -1.02. The van der Waals surface area contributed by atoms with E-state index in [-0.39, 0.29) is 6.10 Å². The fourth-order valence-corrected chi connectivity index (χ4v) is 1.56. The lowest BCUT2D eigenvalue weighted by atomic mass is 10.0. The van der Waals surface area contributed by atoms with Gasteiger partial charge in [0.1, 0.15) is 12.4 Å². The monoisotopic (exact) mass is 222 g/mol. The molecule has 1 aromatic rings. The van der Waals surface area contributed by atoms with E-state index in [1.807, 2.05) is 25.1 Å². The Morgan fingerprint density at radius 3 is 2.56 bits per heavy atom. The SMILES string of the molecule is CCC(O)COc1ccccc1CC(C)C. The van der Waals surface area contributed by atoms with E-state index in [2.05, 4.69) is 19.9 Å². The zero-order chi connectivity index (χ0) is 12.0. The van der Waals surface area contributed by atoms with Crippen LogP contribution in [-0.4, -0.2) is 17.8 Å². The van der Waals surface area contributed by atoms with E-state index >= 15 is 0 Å². The smallest absolute Gasteiger partial charge is 0.122 e. The first-order chi connectivity index (χ1) is 7.63. The molecule has 0 fully saturated rings. The highest BCUT2D eigenvalue weighted by Gasteiger charge is 2.07. The van der Waals surface area contributed by atoms with Crippen LogP contribution < -0.4 is 4.74 Å². The van der Waals surface area contributed by atoms with Crippen LogP contribution >= 0.6 is 0 Å². The molecule has 1 N–H and O–H groups in total. The van der Waals surface area contributed by atoms with Crippen molar-refractivity contribution in [1.29, 1.82) is 0 Å². The molecule has 16 heavy (non-hydrogen) atoms. The molecule has 1 unspecified atom stereocenters. The first-order valence-corrected chi connectivity index (χ1v) is 6.02. The Bertz CT molecular complexity index is 307. The molecule has 1 rings (SSSR count). The molecule has 0 amide bonds. The summed E-state index contributed by atoms with van der Waals surface area (Å²) >= 11 is 0. The largest absolute Gasteiger partial charge is 0.491 e. The van der Waals surface area contributed by atoms with E-state index in [1.54, 1.807) is 0 Å². The van der Waals surface area contributed by atoms with Crippen molar-refractivity contribution in [2.24, 2.45) is 5.92 Å². The van der Waals surface area contributed by atoms with Crippen LogP contribution in [0.15, 0.2) is 24.3 Å². The normalized spacial score (nSPS) is 12.8. The van der Waals surface area contributed by atoms with Crippen molar-refractivity contribution >= 4 is 0 Å². The molecule has 1 aromatic carbocycles. The summed E-state index contributed by atoms with van der Waals surface area (Å²) in [4.78, 5) is 0. The van der Waals surface area contributed by atoms with E-state index in [9.17, 15) is 5.11 Å². The number of hydrogen-bond donors (Lipinski definition) is 1. The average molecular weight is 222 g/mol. The summed E-state index contributed by atoms with van der Waals surface area (Å²) in [6.45, 7) is 6.72. The van der Waals surface area contributed by atoms with Gasteiger partial charge in [0.2, 0.25) is 0 Å². The van der Waals surface area contributed by atoms with Gasteiger partial charge in [0.05, 0.1) is 6.10 Å². The summed E-state index contributed by atoms with van der Waals surface area (Å²) in [7, 11) is 0. The lowest BCUT2D eigenvalue weighted by Gasteiger charge is -2.14. The van der Waals surface area contributed by atoms with Crippen LogP contribution in [0.4, 0.5) is 0 Å². The predicted octanol–water partition coefficient (Wildman–Crippen LogP) is 3.03. The molecule has 0 aromatic heterocycles. The lowest BCUT2D eigenvalue weighted by molar-refractivity contribution is 0.104. The summed E-state index contributed by atoms with van der Waals surface area (Å²) in [5.41, 5.74) is 1.22. The highest BCUT2D eigenvalue weighted by molar-refractivity contribution is 5.33. The number of aliphatic hydroxyl groups is 1. The van der Waals surface area contributed by atoms with Gasteiger partial charge in [0, 0.05) is 0 Å².